The van der Waals surface area contributed by atoms with Crippen LogP contribution in [0.3, 0.4) is 0 Å². The minimum Gasteiger partial charge on any atom is -0.353 e. The minimum absolute atomic E-state index is 0.238. The molecule has 0 unspecified atom stereocenters. The van der Waals surface area contributed by atoms with Crippen LogP contribution >= 0.6 is 23.5 Å². The van der Waals surface area contributed by atoms with E-state index in [1.54, 1.807) is 0 Å². The van der Waals surface area contributed by atoms with E-state index in [-0.39, 0.29) is 5.92 Å². The van der Waals surface area contributed by atoms with Gasteiger partial charge >= 0.3 is 0 Å². The molecule has 3 saturated heterocycles. The van der Waals surface area contributed by atoms with Crippen LogP contribution in [0.25, 0.3) is 0 Å². The SMILES string of the molecule is O=C(NC1CC1)[C@H]1CCCN(C2CCN(C3CSCCSC3)CC2)C1. The highest BCUT2D eigenvalue weighted by Crippen LogP contribution is 2.28. The molecule has 6 heteroatoms. The largest absolute Gasteiger partial charge is 0.353 e. The van der Waals surface area contributed by atoms with Gasteiger partial charge in [0.1, 0.15) is 0 Å². The van der Waals surface area contributed by atoms with Gasteiger partial charge in [0.25, 0.3) is 0 Å². The van der Waals surface area contributed by atoms with Gasteiger partial charge in [-0.1, -0.05) is 0 Å². The van der Waals surface area contributed by atoms with E-state index >= 15 is 0 Å². The van der Waals surface area contributed by atoms with Gasteiger partial charge in [0.2, 0.25) is 5.91 Å². The van der Waals surface area contributed by atoms with Crippen molar-refractivity contribution in [2.24, 2.45) is 5.92 Å². The first kappa shape index (κ1) is 18.5. The highest BCUT2D eigenvalue weighted by Gasteiger charge is 2.34. The predicted molar refractivity (Wildman–Crippen MR) is 108 cm³/mol. The van der Waals surface area contributed by atoms with Crippen LogP contribution < -0.4 is 5.32 Å². The number of rotatable bonds is 4. The van der Waals surface area contributed by atoms with Crippen LogP contribution in [0.5, 0.6) is 0 Å². The second-order valence-electron chi connectivity index (χ2n) is 8.19. The molecule has 0 aromatic carbocycles. The molecule has 4 fully saturated rings. The van der Waals surface area contributed by atoms with E-state index in [2.05, 4.69) is 38.6 Å². The fourth-order valence-electron chi connectivity index (χ4n) is 4.53. The molecule has 4 rings (SSSR count). The number of carbonyl (C=O) groups is 1. The molecule has 1 aliphatic carbocycles. The van der Waals surface area contributed by atoms with Crippen molar-refractivity contribution >= 4 is 29.4 Å². The second kappa shape index (κ2) is 8.85. The van der Waals surface area contributed by atoms with Crippen LogP contribution in [0.15, 0.2) is 0 Å². The summed E-state index contributed by atoms with van der Waals surface area (Å²) in [6, 6.07) is 2.00. The summed E-state index contributed by atoms with van der Waals surface area (Å²) >= 11 is 4.28. The third kappa shape index (κ3) is 5.08. The number of amides is 1. The van der Waals surface area contributed by atoms with Crippen molar-refractivity contribution in [3.05, 3.63) is 0 Å². The van der Waals surface area contributed by atoms with E-state index in [0.717, 1.165) is 19.0 Å². The molecule has 0 aromatic rings. The van der Waals surface area contributed by atoms with Gasteiger partial charge in [0, 0.05) is 47.7 Å². The molecule has 0 aromatic heterocycles. The van der Waals surface area contributed by atoms with Gasteiger partial charge in [-0.15, -0.1) is 0 Å². The number of nitrogens with zero attached hydrogens (tertiary/aromatic N) is 2. The van der Waals surface area contributed by atoms with Crippen LogP contribution in [0.2, 0.25) is 0 Å². The van der Waals surface area contributed by atoms with Gasteiger partial charge in [0.15, 0.2) is 0 Å². The molecule has 1 atom stereocenters. The van der Waals surface area contributed by atoms with Crippen molar-refractivity contribution < 1.29 is 4.79 Å². The Kier molecular flexibility index (Phi) is 6.53. The highest BCUT2D eigenvalue weighted by atomic mass is 32.2. The minimum atomic E-state index is 0.238. The number of thioether (sulfide) groups is 2. The molecule has 3 aliphatic heterocycles. The summed E-state index contributed by atoms with van der Waals surface area (Å²) in [6.07, 6.45) is 7.26. The lowest BCUT2D eigenvalue weighted by Gasteiger charge is -2.43. The Balaban J connectivity index is 1.24. The van der Waals surface area contributed by atoms with E-state index in [1.807, 2.05) is 0 Å². The Labute approximate surface area is 161 Å². The first-order valence-electron chi connectivity index (χ1n) is 10.2. The molecule has 3 heterocycles. The van der Waals surface area contributed by atoms with Gasteiger partial charge in [-0.25, -0.2) is 0 Å². The predicted octanol–water partition coefficient (Wildman–Crippen LogP) is 2.29. The lowest BCUT2D eigenvalue weighted by Crippen LogP contribution is -2.53. The molecule has 1 N–H and O–H groups in total. The first-order chi connectivity index (χ1) is 12.3. The first-order valence-corrected chi connectivity index (χ1v) is 12.5. The van der Waals surface area contributed by atoms with Gasteiger partial charge < -0.3 is 5.32 Å². The molecule has 25 heavy (non-hydrogen) atoms. The zero-order chi connectivity index (χ0) is 17.1. The normalized spacial score (nSPS) is 31.6. The number of likely N-dealkylation sites (tertiary alicyclic amines) is 2. The fraction of sp³-hybridized carbons (Fsp3) is 0.947. The fourth-order valence-corrected chi connectivity index (χ4v) is 7.16. The summed E-state index contributed by atoms with van der Waals surface area (Å²) in [6.45, 7) is 4.71. The van der Waals surface area contributed by atoms with E-state index in [1.165, 1.54) is 74.7 Å². The van der Waals surface area contributed by atoms with Crippen molar-refractivity contribution in [3.63, 3.8) is 0 Å². The summed E-state index contributed by atoms with van der Waals surface area (Å²) in [5.41, 5.74) is 0. The smallest absolute Gasteiger partial charge is 0.224 e. The summed E-state index contributed by atoms with van der Waals surface area (Å²) in [5, 5.41) is 3.22. The maximum absolute atomic E-state index is 12.4. The van der Waals surface area contributed by atoms with Gasteiger partial charge in [-0.05, 0) is 58.2 Å². The van der Waals surface area contributed by atoms with E-state index in [4.69, 9.17) is 0 Å². The maximum atomic E-state index is 12.4. The molecule has 1 amide bonds. The van der Waals surface area contributed by atoms with Gasteiger partial charge in [-0.3, -0.25) is 14.6 Å². The number of carbonyl (C=O) groups excluding carboxylic acids is 1. The molecule has 4 aliphatic rings. The van der Waals surface area contributed by atoms with E-state index in [9.17, 15) is 4.79 Å². The van der Waals surface area contributed by atoms with Crippen molar-refractivity contribution in [1.29, 1.82) is 0 Å². The molecule has 0 bridgehead atoms. The summed E-state index contributed by atoms with van der Waals surface area (Å²) in [5.74, 6) is 5.88. The summed E-state index contributed by atoms with van der Waals surface area (Å²) < 4.78 is 0. The molecular formula is C19H33N3OS2. The molecule has 142 valence electrons. The molecule has 0 radical (unpaired) electrons. The van der Waals surface area contributed by atoms with Gasteiger partial charge in [0.05, 0.1) is 5.92 Å². The average molecular weight is 384 g/mol. The van der Waals surface area contributed by atoms with Crippen molar-refractivity contribution in [1.82, 2.24) is 15.1 Å². The lowest BCUT2D eigenvalue weighted by molar-refractivity contribution is -0.127. The number of nitrogens with one attached hydrogen (secondary N) is 1. The lowest BCUT2D eigenvalue weighted by atomic mass is 9.93. The van der Waals surface area contributed by atoms with Crippen molar-refractivity contribution in [3.8, 4) is 0 Å². The van der Waals surface area contributed by atoms with E-state index in [0.29, 0.717) is 18.0 Å². The Bertz CT molecular complexity index is 444. The zero-order valence-corrected chi connectivity index (χ0v) is 17.0. The van der Waals surface area contributed by atoms with Gasteiger partial charge in [-0.2, -0.15) is 23.5 Å². The Hall–Kier alpha value is 0.0900. The topological polar surface area (TPSA) is 35.6 Å². The van der Waals surface area contributed by atoms with Crippen molar-refractivity contribution in [2.45, 2.75) is 56.7 Å². The van der Waals surface area contributed by atoms with E-state index < -0.39 is 0 Å². The summed E-state index contributed by atoms with van der Waals surface area (Å²) in [7, 11) is 0. The van der Waals surface area contributed by atoms with Crippen LogP contribution in [0.1, 0.15) is 38.5 Å². The average Bonchev–Trinajstić information content (AvgIpc) is 3.49. The molecular weight excluding hydrogens is 350 g/mol. The Morgan fingerprint density at radius 2 is 1.56 bits per heavy atom. The molecule has 4 nitrogen and oxygen atoms in total. The maximum Gasteiger partial charge on any atom is 0.224 e. The van der Waals surface area contributed by atoms with Crippen LogP contribution in [-0.4, -0.2) is 83.0 Å². The second-order valence-corrected chi connectivity index (χ2v) is 10.5. The zero-order valence-electron chi connectivity index (χ0n) is 15.3. The monoisotopic (exact) mass is 383 g/mol. The van der Waals surface area contributed by atoms with Crippen molar-refractivity contribution in [2.75, 3.05) is 49.2 Å². The number of piperidine rings is 2. The quantitative estimate of drug-likeness (QED) is 0.806. The molecule has 1 saturated carbocycles. The Morgan fingerprint density at radius 3 is 2.24 bits per heavy atom. The van der Waals surface area contributed by atoms with Crippen LogP contribution in [-0.2, 0) is 4.79 Å². The number of hydrogen-bond donors (Lipinski definition) is 1. The van der Waals surface area contributed by atoms with Crippen LogP contribution in [0.4, 0.5) is 0 Å². The number of hydrogen-bond acceptors (Lipinski definition) is 5. The standard InChI is InChI=1S/C19H33N3OS2/c23-19(20-16-3-4-16)15-2-1-7-22(12-15)17-5-8-21(9-6-17)18-13-24-10-11-25-14-18/h15-18H,1-14H2,(H,20,23)/t15-/m0/s1. The molecule has 0 spiro atoms. The van der Waals surface area contributed by atoms with Crippen LogP contribution in [0, 0.1) is 5.92 Å². The summed E-state index contributed by atoms with van der Waals surface area (Å²) in [4.78, 5) is 17.8. The third-order valence-electron chi connectivity index (χ3n) is 6.27. The Morgan fingerprint density at radius 1 is 0.840 bits per heavy atom. The highest BCUT2D eigenvalue weighted by molar-refractivity contribution is 8.03. The third-order valence-corrected chi connectivity index (χ3v) is 8.76.